The smallest absolute Gasteiger partial charge is 0.166 e. The van der Waals surface area contributed by atoms with Gasteiger partial charge in [-0.1, -0.05) is 15.9 Å². The van der Waals surface area contributed by atoms with E-state index in [1.807, 2.05) is 14.0 Å². The first-order chi connectivity index (χ1) is 7.11. The number of hydrogen-bond donors (Lipinski definition) is 1. The van der Waals surface area contributed by atoms with Crippen LogP contribution in [-0.4, -0.2) is 20.7 Å². The Kier molecular flexibility index (Phi) is 4.54. The molecule has 84 valence electrons. The molecule has 0 aliphatic carbocycles. The van der Waals surface area contributed by atoms with Crippen molar-refractivity contribution in [2.75, 3.05) is 20.7 Å². The molecule has 2 nitrogen and oxygen atoms in total. The van der Waals surface area contributed by atoms with E-state index in [1.165, 1.54) is 13.2 Å². The van der Waals surface area contributed by atoms with E-state index >= 15 is 0 Å². The van der Waals surface area contributed by atoms with Crippen molar-refractivity contribution >= 4 is 15.9 Å². The highest BCUT2D eigenvalue weighted by atomic mass is 79.9. The highest BCUT2D eigenvalue weighted by Gasteiger charge is 2.14. The van der Waals surface area contributed by atoms with Crippen LogP contribution in [0.5, 0.6) is 5.75 Å². The second-order valence-corrected chi connectivity index (χ2v) is 4.18. The number of nitrogens with one attached hydrogen (secondary N) is 1. The van der Waals surface area contributed by atoms with Gasteiger partial charge in [-0.05, 0) is 38.6 Å². The lowest BCUT2D eigenvalue weighted by Crippen LogP contribution is -2.12. The first kappa shape index (κ1) is 12.5. The Morgan fingerprint density at radius 2 is 2.20 bits per heavy atom. The highest BCUT2D eigenvalue weighted by molar-refractivity contribution is 9.10. The van der Waals surface area contributed by atoms with Crippen LogP contribution < -0.4 is 10.1 Å². The molecule has 0 bridgehead atoms. The largest absolute Gasteiger partial charge is 0.493 e. The molecule has 0 amide bonds. The summed E-state index contributed by atoms with van der Waals surface area (Å²) < 4.78 is 19.4. The van der Waals surface area contributed by atoms with Gasteiger partial charge < -0.3 is 10.1 Å². The standard InChI is InChI=1S/C11H15BrFNO/c1-7-8(4-5-14-2)11(15-3)10(13)6-9(7)12/h6,14H,4-5H2,1-3H3. The molecular formula is C11H15BrFNO. The fourth-order valence-corrected chi connectivity index (χ4v) is 1.96. The highest BCUT2D eigenvalue weighted by Crippen LogP contribution is 2.31. The summed E-state index contributed by atoms with van der Waals surface area (Å²) in [6, 6.07) is 1.44. The van der Waals surface area contributed by atoms with Crippen LogP contribution in [0.2, 0.25) is 0 Å². The van der Waals surface area contributed by atoms with E-state index in [0.29, 0.717) is 5.75 Å². The molecule has 0 spiro atoms. The van der Waals surface area contributed by atoms with E-state index in [9.17, 15) is 4.39 Å². The third-order valence-electron chi connectivity index (χ3n) is 2.38. The summed E-state index contributed by atoms with van der Waals surface area (Å²) in [6.07, 6.45) is 0.752. The first-order valence-electron chi connectivity index (χ1n) is 4.77. The molecule has 15 heavy (non-hydrogen) atoms. The van der Waals surface area contributed by atoms with Gasteiger partial charge in [0.05, 0.1) is 7.11 Å². The summed E-state index contributed by atoms with van der Waals surface area (Å²) in [7, 11) is 3.37. The van der Waals surface area contributed by atoms with Crippen molar-refractivity contribution < 1.29 is 9.13 Å². The van der Waals surface area contributed by atoms with Crippen molar-refractivity contribution in [1.29, 1.82) is 0 Å². The second-order valence-electron chi connectivity index (χ2n) is 3.33. The van der Waals surface area contributed by atoms with Crippen molar-refractivity contribution in [3.05, 3.63) is 27.5 Å². The van der Waals surface area contributed by atoms with Crippen molar-refractivity contribution in [1.82, 2.24) is 5.32 Å². The summed E-state index contributed by atoms with van der Waals surface area (Å²) in [4.78, 5) is 0. The van der Waals surface area contributed by atoms with Crippen LogP contribution in [0, 0.1) is 12.7 Å². The van der Waals surface area contributed by atoms with Gasteiger partial charge in [0.25, 0.3) is 0 Å². The maximum atomic E-state index is 13.5. The fraction of sp³-hybridized carbons (Fsp3) is 0.455. The van der Waals surface area contributed by atoms with Crippen molar-refractivity contribution in [3.8, 4) is 5.75 Å². The number of likely N-dealkylation sites (N-methyl/N-ethyl adjacent to an activating group) is 1. The molecule has 1 aromatic carbocycles. The Labute approximate surface area is 98.0 Å². The van der Waals surface area contributed by atoms with Crippen molar-refractivity contribution in [2.24, 2.45) is 0 Å². The molecule has 0 fully saturated rings. The van der Waals surface area contributed by atoms with Crippen LogP contribution >= 0.6 is 15.9 Å². The van der Waals surface area contributed by atoms with Gasteiger partial charge in [-0.3, -0.25) is 0 Å². The van der Waals surface area contributed by atoms with Crippen LogP contribution in [-0.2, 0) is 6.42 Å². The lowest BCUT2D eigenvalue weighted by molar-refractivity contribution is 0.380. The quantitative estimate of drug-likeness (QED) is 0.912. The van der Waals surface area contributed by atoms with E-state index in [1.54, 1.807) is 0 Å². The average Bonchev–Trinajstić information content (AvgIpc) is 2.21. The van der Waals surface area contributed by atoms with E-state index in [4.69, 9.17) is 4.74 Å². The molecular weight excluding hydrogens is 261 g/mol. The van der Waals surface area contributed by atoms with Crippen LogP contribution in [0.25, 0.3) is 0 Å². The molecule has 1 N–H and O–H groups in total. The van der Waals surface area contributed by atoms with Crippen LogP contribution in [0.4, 0.5) is 4.39 Å². The predicted octanol–water partition coefficient (Wildman–Crippen LogP) is 2.67. The first-order valence-corrected chi connectivity index (χ1v) is 5.57. The zero-order valence-corrected chi connectivity index (χ0v) is 10.7. The maximum Gasteiger partial charge on any atom is 0.166 e. The normalized spacial score (nSPS) is 10.5. The average molecular weight is 276 g/mol. The van der Waals surface area contributed by atoms with Gasteiger partial charge in [0, 0.05) is 10.0 Å². The summed E-state index contributed by atoms with van der Waals surface area (Å²) in [5.74, 6) is 0.0343. The maximum absolute atomic E-state index is 13.5. The lowest BCUT2D eigenvalue weighted by Gasteiger charge is -2.13. The van der Waals surface area contributed by atoms with Gasteiger partial charge in [0.1, 0.15) is 0 Å². The van der Waals surface area contributed by atoms with E-state index in [-0.39, 0.29) is 5.82 Å². The Balaban J connectivity index is 3.18. The monoisotopic (exact) mass is 275 g/mol. The summed E-state index contributed by atoms with van der Waals surface area (Å²) >= 11 is 3.34. The minimum Gasteiger partial charge on any atom is -0.493 e. The Hall–Kier alpha value is -0.610. The molecule has 0 radical (unpaired) electrons. The molecule has 1 rings (SSSR count). The molecule has 4 heteroatoms. The van der Waals surface area contributed by atoms with Crippen LogP contribution in [0.3, 0.4) is 0 Å². The lowest BCUT2D eigenvalue weighted by atomic mass is 10.0. The number of hydrogen-bond acceptors (Lipinski definition) is 2. The number of benzene rings is 1. The topological polar surface area (TPSA) is 21.3 Å². The van der Waals surface area contributed by atoms with Gasteiger partial charge >= 0.3 is 0 Å². The Bertz CT molecular complexity index is 355. The number of ether oxygens (including phenoxy) is 1. The molecule has 0 unspecified atom stereocenters. The Morgan fingerprint density at radius 1 is 1.53 bits per heavy atom. The summed E-state index contributed by atoms with van der Waals surface area (Å²) in [5, 5.41) is 3.04. The molecule has 0 saturated carbocycles. The molecule has 0 aliphatic heterocycles. The predicted molar refractivity (Wildman–Crippen MR) is 63.0 cm³/mol. The fourth-order valence-electron chi connectivity index (χ4n) is 1.52. The number of methoxy groups -OCH3 is 1. The molecule has 0 aromatic heterocycles. The molecule has 0 aliphatic rings. The zero-order valence-electron chi connectivity index (χ0n) is 9.16. The SMILES string of the molecule is CNCCc1c(C)c(Br)cc(F)c1OC. The molecule has 0 atom stereocenters. The minimum absolute atomic E-state index is 0.318. The van der Waals surface area contributed by atoms with Gasteiger partial charge in [0.15, 0.2) is 11.6 Å². The Morgan fingerprint density at radius 3 is 2.73 bits per heavy atom. The summed E-state index contributed by atoms with van der Waals surface area (Å²) in [5.41, 5.74) is 1.95. The van der Waals surface area contributed by atoms with Gasteiger partial charge in [0.2, 0.25) is 0 Å². The minimum atomic E-state index is -0.318. The zero-order chi connectivity index (χ0) is 11.4. The molecule has 0 saturated heterocycles. The van der Waals surface area contributed by atoms with Crippen molar-refractivity contribution in [2.45, 2.75) is 13.3 Å². The molecule has 1 aromatic rings. The second kappa shape index (κ2) is 5.47. The number of rotatable bonds is 4. The third kappa shape index (κ3) is 2.69. The summed E-state index contributed by atoms with van der Waals surface area (Å²) in [6.45, 7) is 2.75. The van der Waals surface area contributed by atoms with Crippen molar-refractivity contribution in [3.63, 3.8) is 0 Å². The van der Waals surface area contributed by atoms with E-state index in [2.05, 4.69) is 21.2 Å². The number of halogens is 2. The van der Waals surface area contributed by atoms with Gasteiger partial charge in [-0.2, -0.15) is 0 Å². The molecule has 0 heterocycles. The van der Waals surface area contributed by atoms with E-state index in [0.717, 1.165) is 28.6 Å². The third-order valence-corrected chi connectivity index (χ3v) is 3.21. The van der Waals surface area contributed by atoms with Crippen LogP contribution in [0.15, 0.2) is 10.5 Å². The van der Waals surface area contributed by atoms with Gasteiger partial charge in [-0.15, -0.1) is 0 Å². The van der Waals surface area contributed by atoms with E-state index < -0.39 is 0 Å². The van der Waals surface area contributed by atoms with Gasteiger partial charge in [-0.25, -0.2) is 4.39 Å². The van der Waals surface area contributed by atoms with Crippen LogP contribution in [0.1, 0.15) is 11.1 Å².